The summed E-state index contributed by atoms with van der Waals surface area (Å²) in [7, 11) is 0. The Labute approximate surface area is 91.8 Å². The molecule has 2 aromatic heterocycles. The van der Waals surface area contributed by atoms with Gasteiger partial charge in [0.1, 0.15) is 0 Å². The summed E-state index contributed by atoms with van der Waals surface area (Å²) >= 11 is 1.62. The van der Waals surface area contributed by atoms with Gasteiger partial charge in [0.05, 0.1) is 18.5 Å². The zero-order chi connectivity index (χ0) is 10.5. The van der Waals surface area contributed by atoms with Crippen LogP contribution in [-0.4, -0.2) is 21.7 Å². The first-order valence-corrected chi connectivity index (χ1v) is 5.41. The molecule has 2 heterocycles. The lowest BCUT2D eigenvalue weighted by Crippen LogP contribution is -1.83. The fourth-order valence-corrected chi connectivity index (χ4v) is 2.08. The van der Waals surface area contributed by atoms with Gasteiger partial charge in [-0.05, 0) is 17.5 Å². The van der Waals surface area contributed by atoms with E-state index in [1.165, 1.54) is 0 Å². The Hall–Kier alpha value is -1.52. The van der Waals surface area contributed by atoms with E-state index >= 15 is 0 Å². The van der Waals surface area contributed by atoms with Gasteiger partial charge in [-0.3, -0.25) is 9.97 Å². The van der Waals surface area contributed by atoms with Crippen LogP contribution in [-0.2, 0) is 0 Å². The highest BCUT2D eigenvalue weighted by molar-refractivity contribution is 7.11. The van der Waals surface area contributed by atoms with E-state index in [1.54, 1.807) is 36.0 Å². The van der Waals surface area contributed by atoms with E-state index in [9.17, 15) is 0 Å². The van der Waals surface area contributed by atoms with Gasteiger partial charge >= 0.3 is 0 Å². The van der Waals surface area contributed by atoms with Gasteiger partial charge < -0.3 is 5.11 Å². The molecule has 0 aliphatic carbocycles. The second-order valence-electron chi connectivity index (χ2n) is 2.87. The minimum atomic E-state index is 0.0534. The lowest BCUT2D eigenvalue weighted by Gasteiger charge is -1.97. The van der Waals surface area contributed by atoms with Crippen molar-refractivity contribution in [3.8, 4) is 11.3 Å². The minimum Gasteiger partial charge on any atom is -0.392 e. The third kappa shape index (κ3) is 2.29. The average molecular weight is 218 g/mol. The van der Waals surface area contributed by atoms with E-state index in [1.807, 2.05) is 17.5 Å². The summed E-state index contributed by atoms with van der Waals surface area (Å²) in [6, 6.07) is 2.01. The Morgan fingerprint density at radius 2 is 2.33 bits per heavy atom. The SMILES string of the molecule is OCC=Cc1sccc1-c1cnccn1. The Morgan fingerprint density at radius 1 is 1.40 bits per heavy atom. The Morgan fingerprint density at radius 3 is 3.07 bits per heavy atom. The quantitative estimate of drug-likeness (QED) is 0.859. The molecule has 3 nitrogen and oxygen atoms in total. The van der Waals surface area contributed by atoms with Crippen molar-refractivity contribution < 1.29 is 5.11 Å². The van der Waals surface area contributed by atoms with Crippen molar-refractivity contribution >= 4 is 17.4 Å². The summed E-state index contributed by atoms with van der Waals surface area (Å²) in [6.07, 6.45) is 8.67. The summed E-state index contributed by atoms with van der Waals surface area (Å²) in [5.41, 5.74) is 1.91. The molecule has 1 N–H and O–H groups in total. The van der Waals surface area contributed by atoms with Crippen molar-refractivity contribution in [2.24, 2.45) is 0 Å². The van der Waals surface area contributed by atoms with E-state index in [4.69, 9.17) is 5.11 Å². The van der Waals surface area contributed by atoms with Crippen molar-refractivity contribution in [3.63, 3.8) is 0 Å². The number of hydrogen-bond acceptors (Lipinski definition) is 4. The van der Waals surface area contributed by atoms with Crippen LogP contribution in [0.25, 0.3) is 17.3 Å². The summed E-state index contributed by atoms with van der Waals surface area (Å²) < 4.78 is 0. The van der Waals surface area contributed by atoms with E-state index in [-0.39, 0.29) is 6.61 Å². The fraction of sp³-hybridized carbons (Fsp3) is 0.0909. The standard InChI is InChI=1S/C11H10N2OS/c14-6-1-2-11-9(3-7-15-11)10-8-12-4-5-13-10/h1-5,7-8,14H,6H2. The molecule has 0 spiro atoms. The number of aromatic nitrogens is 2. The predicted molar refractivity (Wildman–Crippen MR) is 61.5 cm³/mol. The first-order valence-electron chi connectivity index (χ1n) is 4.53. The van der Waals surface area contributed by atoms with Crippen LogP contribution in [0.4, 0.5) is 0 Å². The Kier molecular flexibility index (Phi) is 3.22. The molecule has 0 unspecified atom stereocenters. The van der Waals surface area contributed by atoms with Crippen LogP contribution >= 0.6 is 11.3 Å². The van der Waals surface area contributed by atoms with E-state index in [0.29, 0.717) is 0 Å². The molecule has 76 valence electrons. The first-order chi connectivity index (χ1) is 7.42. The molecule has 0 fully saturated rings. The summed E-state index contributed by atoms with van der Waals surface area (Å²) in [4.78, 5) is 9.36. The third-order valence-electron chi connectivity index (χ3n) is 1.91. The second-order valence-corrected chi connectivity index (χ2v) is 3.82. The second kappa shape index (κ2) is 4.82. The van der Waals surface area contributed by atoms with Gasteiger partial charge in [0.2, 0.25) is 0 Å². The normalized spacial score (nSPS) is 11.0. The van der Waals surface area contributed by atoms with Crippen molar-refractivity contribution in [1.82, 2.24) is 9.97 Å². The van der Waals surface area contributed by atoms with Gasteiger partial charge in [0, 0.05) is 22.8 Å². The number of rotatable bonds is 3. The van der Waals surface area contributed by atoms with Crippen LogP contribution in [0.2, 0.25) is 0 Å². The molecule has 2 aromatic rings. The van der Waals surface area contributed by atoms with Crippen LogP contribution in [0.5, 0.6) is 0 Å². The zero-order valence-electron chi connectivity index (χ0n) is 8.00. The van der Waals surface area contributed by atoms with Crippen molar-refractivity contribution in [2.45, 2.75) is 0 Å². The highest BCUT2D eigenvalue weighted by Crippen LogP contribution is 2.27. The smallest absolute Gasteiger partial charge is 0.0899 e. The number of aliphatic hydroxyl groups is 1. The van der Waals surface area contributed by atoms with E-state index in [2.05, 4.69) is 9.97 Å². The monoisotopic (exact) mass is 218 g/mol. The van der Waals surface area contributed by atoms with Gasteiger partial charge in [0.25, 0.3) is 0 Å². The van der Waals surface area contributed by atoms with E-state index < -0.39 is 0 Å². The minimum absolute atomic E-state index is 0.0534. The molecule has 0 saturated heterocycles. The molecule has 4 heteroatoms. The average Bonchev–Trinajstić information content (AvgIpc) is 2.75. The van der Waals surface area contributed by atoms with Crippen LogP contribution in [0.15, 0.2) is 36.1 Å². The molecule has 0 bridgehead atoms. The van der Waals surface area contributed by atoms with Crippen molar-refractivity contribution in [3.05, 3.63) is 41.0 Å². The lowest BCUT2D eigenvalue weighted by molar-refractivity contribution is 0.343. The summed E-state index contributed by atoms with van der Waals surface area (Å²) in [6.45, 7) is 0.0534. The Balaban J connectivity index is 2.37. The molecule has 0 aliphatic heterocycles. The largest absolute Gasteiger partial charge is 0.392 e. The van der Waals surface area contributed by atoms with E-state index in [0.717, 1.165) is 16.1 Å². The fourth-order valence-electron chi connectivity index (χ4n) is 1.26. The topological polar surface area (TPSA) is 46.0 Å². The lowest BCUT2D eigenvalue weighted by atomic mass is 10.2. The van der Waals surface area contributed by atoms with Crippen molar-refractivity contribution in [1.29, 1.82) is 0 Å². The van der Waals surface area contributed by atoms with Gasteiger partial charge in [-0.1, -0.05) is 6.08 Å². The zero-order valence-corrected chi connectivity index (χ0v) is 8.81. The molecule has 0 aromatic carbocycles. The maximum atomic E-state index is 8.72. The maximum Gasteiger partial charge on any atom is 0.0899 e. The molecule has 0 saturated carbocycles. The number of aliphatic hydroxyl groups excluding tert-OH is 1. The molecular formula is C11H10N2OS. The Bertz CT molecular complexity index is 451. The van der Waals surface area contributed by atoms with Gasteiger partial charge in [0.15, 0.2) is 0 Å². The maximum absolute atomic E-state index is 8.72. The summed E-state index contributed by atoms with van der Waals surface area (Å²) in [5, 5.41) is 10.7. The van der Waals surface area contributed by atoms with Crippen LogP contribution in [0.1, 0.15) is 4.88 Å². The number of nitrogens with zero attached hydrogens (tertiary/aromatic N) is 2. The van der Waals surface area contributed by atoms with Crippen LogP contribution in [0.3, 0.4) is 0 Å². The molecule has 0 amide bonds. The molecule has 2 rings (SSSR count). The molecule has 15 heavy (non-hydrogen) atoms. The number of hydrogen-bond donors (Lipinski definition) is 1. The van der Waals surface area contributed by atoms with Gasteiger partial charge in [-0.15, -0.1) is 11.3 Å². The predicted octanol–water partition coefficient (Wildman–Crippen LogP) is 2.21. The van der Waals surface area contributed by atoms with Crippen LogP contribution in [0, 0.1) is 0 Å². The van der Waals surface area contributed by atoms with Crippen molar-refractivity contribution in [2.75, 3.05) is 6.61 Å². The molecule has 0 aliphatic rings. The first kappa shape index (κ1) is 10.0. The highest BCUT2D eigenvalue weighted by atomic mass is 32.1. The third-order valence-corrected chi connectivity index (χ3v) is 2.79. The molecule has 0 atom stereocenters. The number of thiophene rings is 1. The van der Waals surface area contributed by atoms with Crippen LogP contribution < -0.4 is 0 Å². The summed E-state index contributed by atoms with van der Waals surface area (Å²) in [5.74, 6) is 0. The molecule has 0 radical (unpaired) electrons. The van der Waals surface area contributed by atoms with Gasteiger partial charge in [-0.25, -0.2) is 0 Å². The highest BCUT2D eigenvalue weighted by Gasteiger charge is 2.04. The van der Waals surface area contributed by atoms with Gasteiger partial charge in [-0.2, -0.15) is 0 Å². The molecular weight excluding hydrogens is 208 g/mol.